The lowest BCUT2D eigenvalue weighted by Crippen LogP contribution is -2.40. The second-order valence-corrected chi connectivity index (χ2v) is 11.2. The molecule has 0 radical (unpaired) electrons. The van der Waals surface area contributed by atoms with Crippen molar-refractivity contribution in [2.24, 2.45) is 11.8 Å². The fourth-order valence-electron chi connectivity index (χ4n) is 4.39. The van der Waals surface area contributed by atoms with Gasteiger partial charge in [0.1, 0.15) is 11.0 Å². The van der Waals surface area contributed by atoms with E-state index in [1.54, 1.807) is 24.3 Å². The van der Waals surface area contributed by atoms with Crippen LogP contribution in [0.25, 0.3) is 0 Å². The summed E-state index contributed by atoms with van der Waals surface area (Å²) in [6.45, 7) is 7.15. The third-order valence-electron chi connectivity index (χ3n) is 6.19. The molecule has 2 aromatic carbocycles. The molecule has 36 heavy (non-hydrogen) atoms. The van der Waals surface area contributed by atoms with Crippen LogP contribution < -0.4 is 11.1 Å². The Balaban J connectivity index is 0.000000375. The maximum Gasteiger partial charge on any atom is 0.404 e. The number of hydrogen-bond donors (Lipinski definition) is 3. The second kappa shape index (κ2) is 14.3. The number of hydrogen-bond acceptors (Lipinski definition) is 5. The van der Waals surface area contributed by atoms with Crippen LogP contribution in [0, 0.1) is 11.8 Å². The Kier molecular flexibility index (Phi) is 11.2. The first-order chi connectivity index (χ1) is 17.3. The van der Waals surface area contributed by atoms with Gasteiger partial charge in [-0.3, -0.25) is 0 Å². The molecule has 0 saturated carbocycles. The van der Waals surface area contributed by atoms with Crippen LogP contribution in [-0.2, 0) is 26.9 Å². The lowest BCUT2D eigenvalue weighted by Gasteiger charge is -2.26. The van der Waals surface area contributed by atoms with E-state index in [0.29, 0.717) is 42.4 Å². The van der Waals surface area contributed by atoms with Crippen molar-refractivity contribution in [1.82, 2.24) is 9.62 Å². The average Bonchev–Trinajstić information content (AvgIpc) is 3.48. The molecule has 2 heterocycles. The smallest absolute Gasteiger partial charge is 0.404 e. The van der Waals surface area contributed by atoms with E-state index < -0.39 is 17.1 Å². The lowest BCUT2D eigenvalue weighted by molar-refractivity contribution is -0.0904. The number of benzene rings is 2. The van der Waals surface area contributed by atoms with Crippen LogP contribution >= 0.6 is 0 Å². The Bertz CT molecular complexity index is 938. The van der Waals surface area contributed by atoms with Crippen molar-refractivity contribution in [3.63, 3.8) is 0 Å². The molecule has 2 fully saturated rings. The largest absolute Gasteiger partial charge is 0.465 e. The Morgan fingerprint density at radius 1 is 1.11 bits per heavy atom. The first-order valence-corrected chi connectivity index (χ1v) is 13.7. The minimum Gasteiger partial charge on any atom is -0.465 e. The average molecular weight is 518 g/mol. The van der Waals surface area contributed by atoms with Crippen molar-refractivity contribution >= 4 is 22.8 Å². The number of nitrogen functional groups attached to an aromatic ring is 1. The van der Waals surface area contributed by atoms with Crippen molar-refractivity contribution in [3.05, 3.63) is 60.2 Å². The Morgan fingerprint density at radius 2 is 1.75 bits per heavy atom. The maximum atomic E-state index is 13.0. The van der Waals surface area contributed by atoms with Crippen LogP contribution in [0.15, 0.2) is 59.5 Å². The van der Waals surface area contributed by atoms with Crippen LogP contribution in [0.1, 0.15) is 38.7 Å². The topological polar surface area (TPSA) is 114 Å². The SMILES string of the molecule is C1CC2CCOC2O1.CC(C)CN(CCC(Cc1ccccc1)NC(=O)O)S(=O)c1ccc(N)cc1. The van der Waals surface area contributed by atoms with Crippen molar-refractivity contribution in [3.8, 4) is 0 Å². The Labute approximate surface area is 216 Å². The van der Waals surface area contributed by atoms with Crippen molar-refractivity contribution in [2.75, 3.05) is 32.0 Å². The van der Waals surface area contributed by atoms with E-state index in [-0.39, 0.29) is 12.3 Å². The van der Waals surface area contributed by atoms with Gasteiger partial charge in [0.2, 0.25) is 0 Å². The summed E-state index contributed by atoms with van der Waals surface area (Å²) in [7, 11) is -1.32. The normalized spacial score (nSPS) is 20.4. The molecule has 2 aromatic rings. The molecule has 0 bridgehead atoms. The lowest BCUT2D eigenvalue weighted by atomic mass is 10.0. The molecule has 2 unspecified atom stereocenters. The molecule has 0 aliphatic carbocycles. The molecule has 4 rings (SSSR count). The third kappa shape index (κ3) is 9.20. The molecule has 0 spiro atoms. The predicted octanol–water partition coefficient (Wildman–Crippen LogP) is 4.29. The summed E-state index contributed by atoms with van der Waals surface area (Å²) in [4.78, 5) is 11.9. The van der Waals surface area contributed by atoms with Gasteiger partial charge in [-0.15, -0.1) is 0 Å². The van der Waals surface area contributed by atoms with Gasteiger partial charge in [0.05, 0.1) is 18.1 Å². The van der Waals surface area contributed by atoms with Crippen LogP contribution in [0.2, 0.25) is 0 Å². The van der Waals surface area contributed by atoms with Crippen molar-refractivity contribution < 1.29 is 23.6 Å². The van der Waals surface area contributed by atoms with Gasteiger partial charge in [0.15, 0.2) is 6.29 Å². The molecule has 2 aliphatic heterocycles. The van der Waals surface area contributed by atoms with Gasteiger partial charge in [-0.1, -0.05) is 44.2 Å². The number of nitrogens with zero attached hydrogens (tertiary/aromatic N) is 1. The number of nitrogens with one attached hydrogen (secondary N) is 1. The van der Waals surface area contributed by atoms with E-state index in [9.17, 15) is 14.1 Å². The van der Waals surface area contributed by atoms with Crippen LogP contribution in [0.4, 0.5) is 10.5 Å². The molecule has 1 amide bonds. The minimum absolute atomic E-state index is 0.176. The molecule has 2 aliphatic rings. The zero-order valence-corrected chi connectivity index (χ0v) is 22.0. The molecule has 4 N–H and O–H groups in total. The number of anilines is 1. The number of rotatable bonds is 10. The first kappa shape index (κ1) is 28.1. The number of ether oxygens (including phenoxy) is 2. The predicted molar refractivity (Wildman–Crippen MR) is 142 cm³/mol. The molecule has 2 atom stereocenters. The minimum atomic E-state index is -1.32. The zero-order valence-electron chi connectivity index (χ0n) is 21.2. The number of carbonyl (C=O) groups is 1. The standard InChI is InChI=1S/C21H29N3O3S.C6H10O2/c1-16(2)15-24(28(27)20-10-8-18(22)9-11-20)13-12-19(23-21(25)26)14-17-6-4-3-5-7-17;1-3-7-6-5(1)2-4-8-6/h3-11,16,19,23H,12-15,22H2,1-2H3,(H,25,26);5-6H,1-4H2. The van der Waals surface area contributed by atoms with Gasteiger partial charge >= 0.3 is 6.09 Å². The van der Waals surface area contributed by atoms with Gasteiger partial charge in [-0.2, -0.15) is 0 Å². The van der Waals surface area contributed by atoms with Crippen molar-refractivity contribution in [2.45, 2.75) is 56.8 Å². The fraction of sp³-hybridized carbons (Fsp3) is 0.519. The van der Waals surface area contributed by atoms with Crippen LogP contribution in [-0.4, -0.2) is 58.3 Å². The number of nitrogens with two attached hydrogens (primary N) is 1. The molecule has 9 heteroatoms. The van der Waals surface area contributed by atoms with E-state index in [4.69, 9.17) is 15.2 Å². The Morgan fingerprint density at radius 3 is 2.31 bits per heavy atom. The first-order valence-electron chi connectivity index (χ1n) is 12.6. The van der Waals surface area contributed by atoms with E-state index in [1.807, 2.05) is 34.6 Å². The summed E-state index contributed by atoms with van der Waals surface area (Å²) in [6, 6.07) is 16.6. The van der Waals surface area contributed by atoms with Gasteiger partial charge < -0.3 is 25.6 Å². The molecule has 8 nitrogen and oxygen atoms in total. The molecular weight excluding hydrogens is 478 g/mol. The third-order valence-corrected chi connectivity index (χ3v) is 7.67. The molecule has 2 saturated heterocycles. The van der Waals surface area contributed by atoms with E-state index in [0.717, 1.165) is 24.7 Å². The van der Waals surface area contributed by atoms with Gasteiger partial charge in [-0.25, -0.2) is 13.3 Å². The quantitative estimate of drug-likeness (QED) is 0.405. The summed E-state index contributed by atoms with van der Waals surface area (Å²) in [5, 5.41) is 11.8. The van der Waals surface area contributed by atoms with Gasteiger partial charge in [-0.05, 0) is 61.4 Å². The van der Waals surface area contributed by atoms with E-state index in [1.165, 1.54) is 12.8 Å². The highest BCUT2D eigenvalue weighted by Crippen LogP contribution is 2.30. The maximum absolute atomic E-state index is 13.0. The monoisotopic (exact) mass is 517 g/mol. The van der Waals surface area contributed by atoms with Gasteiger partial charge in [0.25, 0.3) is 0 Å². The highest BCUT2D eigenvalue weighted by atomic mass is 32.2. The van der Waals surface area contributed by atoms with Crippen LogP contribution in [0.3, 0.4) is 0 Å². The van der Waals surface area contributed by atoms with Gasteiger partial charge in [0, 0.05) is 30.7 Å². The summed E-state index contributed by atoms with van der Waals surface area (Å²) in [6.07, 6.45) is 2.72. The second-order valence-electron chi connectivity index (χ2n) is 9.67. The highest BCUT2D eigenvalue weighted by molar-refractivity contribution is 7.82. The molecular formula is C27H39N3O5S. The number of amides is 1. The summed E-state index contributed by atoms with van der Waals surface area (Å²) in [5.74, 6) is 1.06. The van der Waals surface area contributed by atoms with E-state index >= 15 is 0 Å². The van der Waals surface area contributed by atoms with E-state index in [2.05, 4.69) is 19.2 Å². The fourth-order valence-corrected chi connectivity index (χ4v) is 5.76. The number of fused-ring (bicyclic) bond motifs is 1. The summed E-state index contributed by atoms with van der Waals surface area (Å²) < 4.78 is 25.5. The van der Waals surface area contributed by atoms with Crippen LogP contribution in [0.5, 0.6) is 0 Å². The molecule has 0 aromatic heterocycles. The zero-order chi connectivity index (χ0) is 25.9. The highest BCUT2D eigenvalue weighted by Gasteiger charge is 2.33. The number of carboxylic acid groups (broad SMARTS) is 1. The van der Waals surface area contributed by atoms with Crippen molar-refractivity contribution in [1.29, 1.82) is 0 Å². The molecule has 198 valence electrons. The Hall–Kier alpha value is -2.46. The summed E-state index contributed by atoms with van der Waals surface area (Å²) >= 11 is 0. The summed E-state index contributed by atoms with van der Waals surface area (Å²) in [5.41, 5.74) is 7.42.